The first kappa shape index (κ1) is 15.2. The van der Waals surface area contributed by atoms with Crippen LogP contribution in [-0.4, -0.2) is 29.9 Å². The Bertz CT molecular complexity index is 624. The zero-order valence-corrected chi connectivity index (χ0v) is 14.4. The Morgan fingerprint density at radius 1 is 1.35 bits per heavy atom. The van der Waals surface area contributed by atoms with Crippen LogP contribution < -0.4 is 5.32 Å². The Kier molecular flexibility index (Phi) is 3.70. The highest BCUT2D eigenvalue weighted by molar-refractivity contribution is 7.14. The van der Waals surface area contributed by atoms with Crippen molar-refractivity contribution >= 4 is 22.2 Å². The lowest BCUT2D eigenvalue weighted by atomic mass is 9.52. The summed E-state index contributed by atoms with van der Waals surface area (Å²) in [6.45, 7) is 0.426. The van der Waals surface area contributed by atoms with Gasteiger partial charge in [0.1, 0.15) is 11.1 Å². The second-order valence-electron chi connectivity index (χ2n) is 7.82. The van der Waals surface area contributed by atoms with E-state index in [4.69, 9.17) is 5.26 Å². The highest BCUT2D eigenvalue weighted by Crippen LogP contribution is 2.57. The minimum Gasteiger partial charge on any atom is -0.315 e. The highest BCUT2D eigenvalue weighted by Gasteiger charge is 2.52. The molecule has 23 heavy (non-hydrogen) atoms. The smallest absolute Gasteiger partial charge is 0.239 e. The molecule has 0 radical (unpaired) electrons. The fraction of sp³-hybridized carbons (Fsp3) is 0.667. The molecule has 4 aliphatic carbocycles. The summed E-state index contributed by atoms with van der Waals surface area (Å²) in [7, 11) is 2.12. The zero-order valence-electron chi connectivity index (χ0n) is 13.5. The fourth-order valence-electron chi connectivity index (χ4n) is 5.58. The van der Waals surface area contributed by atoms with Gasteiger partial charge in [-0.3, -0.25) is 9.69 Å². The summed E-state index contributed by atoms with van der Waals surface area (Å²) in [6, 6.07) is 3.88. The number of hydrogen-bond acceptors (Lipinski definition) is 4. The van der Waals surface area contributed by atoms with Gasteiger partial charge in [-0.2, -0.15) is 5.26 Å². The van der Waals surface area contributed by atoms with E-state index in [-0.39, 0.29) is 11.4 Å². The summed E-state index contributed by atoms with van der Waals surface area (Å²) in [6.07, 6.45) is 8.06. The molecule has 1 aromatic heterocycles. The molecule has 0 spiro atoms. The molecule has 1 aromatic rings. The molecule has 1 heterocycles. The molecule has 4 bridgehead atoms. The molecule has 0 aliphatic heterocycles. The number of amides is 1. The van der Waals surface area contributed by atoms with Crippen LogP contribution in [0.25, 0.3) is 0 Å². The number of rotatable bonds is 4. The topological polar surface area (TPSA) is 56.1 Å². The van der Waals surface area contributed by atoms with Crippen molar-refractivity contribution in [2.75, 3.05) is 18.9 Å². The summed E-state index contributed by atoms with van der Waals surface area (Å²) < 4.78 is 0. The second-order valence-corrected chi connectivity index (χ2v) is 8.74. The van der Waals surface area contributed by atoms with Crippen molar-refractivity contribution in [2.45, 2.75) is 44.1 Å². The molecule has 4 saturated carbocycles. The summed E-state index contributed by atoms with van der Waals surface area (Å²) >= 11 is 1.42. The molecule has 5 rings (SSSR count). The molecular formula is C18H23N3OS. The molecule has 5 heteroatoms. The third-order valence-corrected chi connectivity index (χ3v) is 7.06. The Hall–Kier alpha value is -1.38. The first-order valence-electron chi connectivity index (χ1n) is 8.57. The van der Waals surface area contributed by atoms with E-state index < -0.39 is 0 Å². The van der Waals surface area contributed by atoms with Gasteiger partial charge >= 0.3 is 0 Å². The van der Waals surface area contributed by atoms with Gasteiger partial charge in [-0.15, -0.1) is 11.3 Å². The van der Waals surface area contributed by atoms with Crippen molar-refractivity contribution in [3.63, 3.8) is 0 Å². The summed E-state index contributed by atoms with van der Waals surface area (Å²) in [5.74, 6) is 2.65. The van der Waals surface area contributed by atoms with Crippen molar-refractivity contribution in [2.24, 2.45) is 17.8 Å². The summed E-state index contributed by atoms with van der Waals surface area (Å²) in [4.78, 5) is 14.7. The van der Waals surface area contributed by atoms with E-state index in [9.17, 15) is 4.79 Å². The maximum absolute atomic E-state index is 12.4. The maximum atomic E-state index is 12.4. The van der Waals surface area contributed by atoms with E-state index in [0.717, 1.165) is 17.8 Å². The van der Waals surface area contributed by atoms with E-state index in [1.807, 2.05) is 5.38 Å². The lowest BCUT2D eigenvalue weighted by molar-refractivity contribution is -0.123. The van der Waals surface area contributed by atoms with Crippen LogP contribution in [0.4, 0.5) is 5.00 Å². The van der Waals surface area contributed by atoms with Gasteiger partial charge in [-0.25, -0.2) is 0 Å². The van der Waals surface area contributed by atoms with Crippen LogP contribution in [0.1, 0.15) is 44.1 Å². The molecule has 1 amide bonds. The summed E-state index contributed by atoms with van der Waals surface area (Å²) in [5.41, 5.74) is 0.806. The van der Waals surface area contributed by atoms with Gasteiger partial charge in [-0.1, -0.05) is 0 Å². The van der Waals surface area contributed by atoms with Crippen LogP contribution in [-0.2, 0) is 4.79 Å². The predicted octanol–water partition coefficient (Wildman–Crippen LogP) is 3.46. The lowest BCUT2D eigenvalue weighted by Crippen LogP contribution is -2.59. The number of nitriles is 1. The van der Waals surface area contributed by atoms with Gasteiger partial charge < -0.3 is 5.32 Å². The molecule has 0 atom stereocenters. The van der Waals surface area contributed by atoms with E-state index in [1.54, 1.807) is 6.07 Å². The average Bonchev–Trinajstić information content (AvgIpc) is 2.92. The molecule has 122 valence electrons. The number of nitrogens with zero attached hydrogens (tertiary/aromatic N) is 2. The molecule has 4 aliphatic rings. The van der Waals surface area contributed by atoms with Gasteiger partial charge in [0.2, 0.25) is 5.91 Å². The molecule has 0 unspecified atom stereocenters. The Labute approximate surface area is 141 Å². The number of carbonyl (C=O) groups excluding carboxylic acids is 1. The van der Waals surface area contributed by atoms with Crippen LogP contribution in [0.3, 0.4) is 0 Å². The predicted molar refractivity (Wildman–Crippen MR) is 91.2 cm³/mol. The van der Waals surface area contributed by atoms with Crippen LogP contribution in [0.5, 0.6) is 0 Å². The summed E-state index contributed by atoms with van der Waals surface area (Å²) in [5, 5.41) is 14.5. The average molecular weight is 329 g/mol. The van der Waals surface area contributed by atoms with Crippen molar-refractivity contribution in [1.82, 2.24) is 4.90 Å². The highest BCUT2D eigenvalue weighted by atomic mass is 32.1. The minimum absolute atomic E-state index is 0.00203. The zero-order chi connectivity index (χ0) is 16.0. The number of anilines is 1. The van der Waals surface area contributed by atoms with Crippen molar-refractivity contribution in [3.8, 4) is 6.07 Å². The van der Waals surface area contributed by atoms with E-state index in [0.29, 0.717) is 17.1 Å². The molecule has 4 fully saturated rings. The standard InChI is InChI=1S/C18H23N3OS/c1-21(11-16(22)20-17-15(10-19)2-3-23-17)18-7-12-4-13(8-18)6-14(5-12)9-18/h2-3,12-14H,4-9,11H2,1H3,(H,20,22). The molecule has 4 nitrogen and oxygen atoms in total. The first-order valence-corrected chi connectivity index (χ1v) is 9.44. The third-order valence-electron chi connectivity index (χ3n) is 6.24. The largest absolute Gasteiger partial charge is 0.315 e. The minimum atomic E-state index is 0.00203. The van der Waals surface area contributed by atoms with Crippen LogP contribution >= 0.6 is 11.3 Å². The van der Waals surface area contributed by atoms with Crippen molar-refractivity contribution in [3.05, 3.63) is 17.0 Å². The number of thiophene rings is 1. The first-order chi connectivity index (χ1) is 11.1. The number of carbonyl (C=O) groups is 1. The van der Waals surface area contributed by atoms with Gasteiger partial charge in [-0.05, 0) is 74.8 Å². The molecule has 0 saturated heterocycles. The maximum Gasteiger partial charge on any atom is 0.239 e. The number of hydrogen-bond donors (Lipinski definition) is 1. The Balaban J connectivity index is 1.43. The van der Waals surface area contributed by atoms with Gasteiger partial charge in [0.15, 0.2) is 0 Å². The normalized spacial score (nSPS) is 34.6. The third kappa shape index (κ3) is 2.68. The Morgan fingerprint density at radius 3 is 2.52 bits per heavy atom. The van der Waals surface area contributed by atoms with E-state index in [2.05, 4.69) is 23.3 Å². The van der Waals surface area contributed by atoms with Crippen LogP contribution in [0.2, 0.25) is 0 Å². The monoisotopic (exact) mass is 329 g/mol. The van der Waals surface area contributed by atoms with E-state index in [1.165, 1.54) is 49.9 Å². The quantitative estimate of drug-likeness (QED) is 0.920. The van der Waals surface area contributed by atoms with Crippen LogP contribution in [0.15, 0.2) is 11.4 Å². The molecule has 1 N–H and O–H groups in total. The lowest BCUT2D eigenvalue weighted by Gasteiger charge is -2.59. The van der Waals surface area contributed by atoms with Gasteiger partial charge in [0.25, 0.3) is 0 Å². The fourth-order valence-corrected chi connectivity index (χ4v) is 6.33. The number of likely N-dealkylation sites (N-methyl/N-ethyl adjacent to an activating group) is 1. The van der Waals surface area contributed by atoms with Crippen molar-refractivity contribution < 1.29 is 4.79 Å². The number of nitrogens with one attached hydrogen (secondary N) is 1. The Morgan fingerprint density at radius 2 is 1.96 bits per heavy atom. The molecular weight excluding hydrogens is 306 g/mol. The van der Waals surface area contributed by atoms with Crippen molar-refractivity contribution in [1.29, 1.82) is 5.26 Å². The second kappa shape index (κ2) is 5.61. The van der Waals surface area contributed by atoms with Gasteiger partial charge in [0.05, 0.1) is 12.1 Å². The van der Waals surface area contributed by atoms with E-state index >= 15 is 0 Å². The van der Waals surface area contributed by atoms with Crippen LogP contribution in [0, 0.1) is 29.1 Å². The SMILES string of the molecule is CN(CC(=O)Nc1sccc1C#N)C12CC3CC(CC(C3)C1)C2. The molecule has 0 aromatic carbocycles. The van der Waals surface area contributed by atoms with Gasteiger partial charge in [0, 0.05) is 5.54 Å².